The van der Waals surface area contributed by atoms with Crippen molar-refractivity contribution in [3.8, 4) is 0 Å². The molecule has 0 aliphatic heterocycles. The topological polar surface area (TPSA) is 100 Å². The van der Waals surface area contributed by atoms with Gasteiger partial charge in [-0.15, -0.1) is 0 Å². The van der Waals surface area contributed by atoms with Gasteiger partial charge in [-0.05, 0) is 42.8 Å². The van der Waals surface area contributed by atoms with Crippen LogP contribution in [0.15, 0.2) is 42.7 Å². The maximum atomic E-state index is 12.6. The molecular formula is C18H20N4O3. The first-order chi connectivity index (χ1) is 11.8. The SMILES string of the molecule is CC(=O)Nc1cc(NC(C)=O)cc(C(=O)NC(C)c2ccncc2)c1. The highest BCUT2D eigenvalue weighted by Gasteiger charge is 2.14. The molecule has 2 aromatic rings. The van der Waals surface area contributed by atoms with Crippen molar-refractivity contribution in [2.24, 2.45) is 0 Å². The molecule has 1 unspecified atom stereocenters. The summed E-state index contributed by atoms with van der Waals surface area (Å²) < 4.78 is 0. The Morgan fingerprint density at radius 3 is 1.92 bits per heavy atom. The van der Waals surface area contributed by atoms with Crippen molar-refractivity contribution in [2.45, 2.75) is 26.8 Å². The number of benzene rings is 1. The average molecular weight is 340 g/mol. The fourth-order valence-corrected chi connectivity index (χ4v) is 2.32. The van der Waals surface area contributed by atoms with Crippen LogP contribution in [0.2, 0.25) is 0 Å². The summed E-state index contributed by atoms with van der Waals surface area (Å²) in [5, 5.41) is 8.12. The number of aromatic nitrogens is 1. The first-order valence-corrected chi connectivity index (χ1v) is 7.76. The summed E-state index contributed by atoms with van der Waals surface area (Å²) in [6.45, 7) is 4.60. The summed E-state index contributed by atoms with van der Waals surface area (Å²) >= 11 is 0. The maximum absolute atomic E-state index is 12.6. The van der Waals surface area contributed by atoms with E-state index in [0.29, 0.717) is 16.9 Å². The van der Waals surface area contributed by atoms with Crippen LogP contribution in [0.4, 0.5) is 11.4 Å². The Morgan fingerprint density at radius 2 is 1.44 bits per heavy atom. The summed E-state index contributed by atoms with van der Waals surface area (Å²) in [7, 11) is 0. The van der Waals surface area contributed by atoms with Gasteiger partial charge in [-0.2, -0.15) is 0 Å². The monoisotopic (exact) mass is 340 g/mol. The first-order valence-electron chi connectivity index (χ1n) is 7.76. The zero-order valence-corrected chi connectivity index (χ0v) is 14.3. The number of amides is 3. The van der Waals surface area contributed by atoms with Gasteiger partial charge in [0.15, 0.2) is 0 Å². The molecule has 7 heteroatoms. The highest BCUT2D eigenvalue weighted by molar-refractivity contribution is 6.00. The Morgan fingerprint density at radius 1 is 0.920 bits per heavy atom. The molecule has 0 aliphatic rings. The van der Waals surface area contributed by atoms with Gasteiger partial charge in [-0.25, -0.2) is 0 Å². The summed E-state index contributed by atoms with van der Waals surface area (Å²) in [5.41, 5.74) is 2.11. The van der Waals surface area contributed by atoms with E-state index in [1.807, 2.05) is 19.1 Å². The quantitative estimate of drug-likeness (QED) is 0.778. The Balaban J connectivity index is 2.24. The third kappa shape index (κ3) is 5.42. The van der Waals surface area contributed by atoms with E-state index in [1.54, 1.807) is 30.6 Å². The molecule has 0 saturated carbocycles. The minimum atomic E-state index is -0.317. The molecule has 3 N–H and O–H groups in total. The van der Waals surface area contributed by atoms with Crippen LogP contribution in [0, 0.1) is 0 Å². The second-order valence-electron chi connectivity index (χ2n) is 5.64. The molecule has 2 rings (SSSR count). The van der Waals surface area contributed by atoms with Gasteiger partial charge in [0.1, 0.15) is 0 Å². The van der Waals surface area contributed by atoms with Crippen molar-refractivity contribution in [2.75, 3.05) is 10.6 Å². The highest BCUT2D eigenvalue weighted by atomic mass is 16.2. The van der Waals surface area contributed by atoms with E-state index in [4.69, 9.17) is 0 Å². The van der Waals surface area contributed by atoms with Crippen LogP contribution < -0.4 is 16.0 Å². The number of hydrogen-bond donors (Lipinski definition) is 3. The number of anilines is 2. The molecular weight excluding hydrogens is 320 g/mol. The first kappa shape index (κ1) is 18.1. The average Bonchev–Trinajstić information content (AvgIpc) is 2.54. The van der Waals surface area contributed by atoms with Crippen molar-refractivity contribution < 1.29 is 14.4 Å². The molecule has 0 bridgehead atoms. The Bertz CT molecular complexity index is 756. The molecule has 1 atom stereocenters. The third-order valence-corrected chi connectivity index (χ3v) is 3.39. The van der Waals surface area contributed by atoms with Crippen LogP contribution in [-0.2, 0) is 9.59 Å². The third-order valence-electron chi connectivity index (χ3n) is 3.39. The van der Waals surface area contributed by atoms with Crippen LogP contribution >= 0.6 is 0 Å². The second kappa shape index (κ2) is 8.05. The standard InChI is InChI=1S/C18H20N4O3/c1-11(14-4-6-19-7-5-14)20-18(25)15-8-16(21-12(2)23)10-17(9-15)22-13(3)24/h4-11H,1-3H3,(H,20,25)(H,21,23)(H,22,24). The number of rotatable bonds is 5. The predicted octanol–water partition coefficient (Wildman–Crippen LogP) is 2.49. The van der Waals surface area contributed by atoms with Crippen LogP contribution in [0.3, 0.4) is 0 Å². The summed E-state index contributed by atoms with van der Waals surface area (Å²) in [6.07, 6.45) is 3.31. The zero-order valence-electron chi connectivity index (χ0n) is 14.3. The Labute approximate surface area is 145 Å². The van der Waals surface area contributed by atoms with Crippen molar-refractivity contribution in [3.05, 3.63) is 53.9 Å². The normalized spacial score (nSPS) is 11.3. The zero-order chi connectivity index (χ0) is 18.4. The molecule has 25 heavy (non-hydrogen) atoms. The van der Waals surface area contributed by atoms with Crippen molar-refractivity contribution in [3.63, 3.8) is 0 Å². The largest absolute Gasteiger partial charge is 0.346 e. The lowest BCUT2D eigenvalue weighted by Gasteiger charge is -2.15. The van der Waals surface area contributed by atoms with Gasteiger partial charge in [-0.3, -0.25) is 19.4 Å². The van der Waals surface area contributed by atoms with E-state index in [0.717, 1.165) is 5.56 Å². The molecule has 1 aromatic carbocycles. The van der Waals surface area contributed by atoms with Gasteiger partial charge in [0, 0.05) is 43.2 Å². The van der Waals surface area contributed by atoms with Gasteiger partial charge >= 0.3 is 0 Å². The molecule has 0 radical (unpaired) electrons. The van der Waals surface area contributed by atoms with Crippen LogP contribution in [0.1, 0.15) is 42.7 Å². The van der Waals surface area contributed by atoms with E-state index in [-0.39, 0.29) is 23.8 Å². The Hall–Kier alpha value is -3.22. The number of hydrogen-bond acceptors (Lipinski definition) is 4. The van der Waals surface area contributed by atoms with Crippen LogP contribution in [0.5, 0.6) is 0 Å². The molecule has 1 aromatic heterocycles. The minimum absolute atomic E-state index is 0.218. The fraction of sp³-hybridized carbons (Fsp3) is 0.222. The number of nitrogens with one attached hydrogen (secondary N) is 3. The maximum Gasteiger partial charge on any atom is 0.251 e. The molecule has 0 fully saturated rings. The minimum Gasteiger partial charge on any atom is -0.346 e. The fourth-order valence-electron chi connectivity index (χ4n) is 2.32. The molecule has 0 saturated heterocycles. The second-order valence-corrected chi connectivity index (χ2v) is 5.64. The van der Waals surface area contributed by atoms with E-state index in [1.165, 1.54) is 13.8 Å². The summed E-state index contributed by atoms with van der Waals surface area (Å²) in [6, 6.07) is 8.13. The molecule has 7 nitrogen and oxygen atoms in total. The van der Waals surface area contributed by atoms with Crippen LogP contribution in [0.25, 0.3) is 0 Å². The number of nitrogens with zero attached hydrogens (tertiary/aromatic N) is 1. The predicted molar refractivity (Wildman–Crippen MR) is 95.2 cm³/mol. The number of carbonyl (C=O) groups excluding carboxylic acids is 3. The molecule has 0 spiro atoms. The summed E-state index contributed by atoms with van der Waals surface area (Å²) in [4.78, 5) is 39.1. The van der Waals surface area contributed by atoms with Crippen molar-refractivity contribution in [1.29, 1.82) is 0 Å². The van der Waals surface area contributed by atoms with E-state index < -0.39 is 0 Å². The Kier molecular flexibility index (Phi) is 5.84. The lowest BCUT2D eigenvalue weighted by molar-refractivity contribution is -0.115. The molecule has 130 valence electrons. The molecule has 0 aliphatic carbocycles. The van der Waals surface area contributed by atoms with Gasteiger partial charge in [0.05, 0.1) is 6.04 Å². The van der Waals surface area contributed by atoms with E-state index in [2.05, 4.69) is 20.9 Å². The smallest absolute Gasteiger partial charge is 0.251 e. The summed E-state index contributed by atoms with van der Waals surface area (Å²) in [5.74, 6) is -0.851. The molecule has 1 heterocycles. The van der Waals surface area contributed by atoms with Gasteiger partial charge in [-0.1, -0.05) is 0 Å². The van der Waals surface area contributed by atoms with Crippen LogP contribution in [-0.4, -0.2) is 22.7 Å². The van der Waals surface area contributed by atoms with Crippen molar-refractivity contribution >= 4 is 29.1 Å². The number of carbonyl (C=O) groups is 3. The van der Waals surface area contributed by atoms with Gasteiger partial charge < -0.3 is 16.0 Å². The van der Waals surface area contributed by atoms with Crippen molar-refractivity contribution in [1.82, 2.24) is 10.3 Å². The van der Waals surface area contributed by atoms with E-state index in [9.17, 15) is 14.4 Å². The molecule has 3 amide bonds. The highest BCUT2D eigenvalue weighted by Crippen LogP contribution is 2.20. The van der Waals surface area contributed by atoms with E-state index >= 15 is 0 Å². The lowest BCUT2D eigenvalue weighted by atomic mass is 10.1. The number of pyridine rings is 1. The lowest BCUT2D eigenvalue weighted by Crippen LogP contribution is -2.27. The van der Waals surface area contributed by atoms with Gasteiger partial charge in [0.25, 0.3) is 5.91 Å². The van der Waals surface area contributed by atoms with Gasteiger partial charge in [0.2, 0.25) is 11.8 Å².